The minimum Gasteiger partial charge on any atom is -0.480 e. The van der Waals surface area contributed by atoms with Crippen LogP contribution in [0.25, 0.3) is 0 Å². The first-order valence-corrected chi connectivity index (χ1v) is 6.31. The van der Waals surface area contributed by atoms with Crippen molar-refractivity contribution in [1.29, 1.82) is 0 Å². The number of carboxylic acid groups (broad SMARTS) is 1. The molecule has 0 unspecified atom stereocenters. The average Bonchev–Trinajstić information content (AvgIpc) is 2.39. The Morgan fingerprint density at radius 3 is 2.40 bits per heavy atom. The number of carbonyl (C=O) groups excluding carboxylic acids is 1. The third-order valence-electron chi connectivity index (χ3n) is 2.87. The minimum atomic E-state index is -1.14. The molecule has 0 aliphatic rings. The highest BCUT2D eigenvalue weighted by atomic mass is 19.1. The second kappa shape index (κ2) is 7.00. The molecule has 0 fully saturated rings. The molecule has 3 N–H and O–H groups in total. The lowest BCUT2D eigenvalue weighted by Gasteiger charge is -2.20. The molecule has 0 aromatic heterocycles. The van der Waals surface area contributed by atoms with Crippen molar-refractivity contribution in [2.45, 2.75) is 25.8 Å². The van der Waals surface area contributed by atoms with Crippen molar-refractivity contribution in [3.05, 3.63) is 35.6 Å². The number of rotatable bonds is 7. The fourth-order valence-corrected chi connectivity index (χ4v) is 1.44. The van der Waals surface area contributed by atoms with Gasteiger partial charge in [-0.25, -0.2) is 4.39 Å². The third-order valence-corrected chi connectivity index (χ3v) is 2.87. The highest BCUT2D eigenvalue weighted by Gasteiger charge is 2.26. The van der Waals surface area contributed by atoms with E-state index in [-0.39, 0.29) is 18.3 Å². The van der Waals surface area contributed by atoms with Gasteiger partial charge in [0, 0.05) is 6.54 Å². The summed E-state index contributed by atoms with van der Waals surface area (Å²) < 4.78 is 12.7. The highest BCUT2D eigenvalue weighted by Crippen LogP contribution is 2.03. The van der Waals surface area contributed by atoms with Crippen molar-refractivity contribution in [3.8, 4) is 0 Å². The Labute approximate surface area is 117 Å². The SMILES string of the molecule is CC(C)(NCC(=O)NCCc1ccc(F)cc1)C(=O)O. The first-order chi connectivity index (χ1) is 9.31. The number of carboxylic acids is 1. The van der Waals surface area contributed by atoms with Crippen LogP contribution in [0.5, 0.6) is 0 Å². The van der Waals surface area contributed by atoms with Crippen LogP contribution in [0.3, 0.4) is 0 Å². The van der Waals surface area contributed by atoms with E-state index in [4.69, 9.17) is 5.11 Å². The van der Waals surface area contributed by atoms with Gasteiger partial charge < -0.3 is 10.4 Å². The predicted molar refractivity (Wildman–Crippen MR) is 72.8 cm³/mol. The molecule has 6 heteroatoms. The summed E-state index contributed by atoms with van der Waals surface area (Å²) in [5.41, 5.74) is -0.223. The fourth-order valence-electron chi connectivity index (χ4n) is 1.44. The molecular formula is C14H19FN2O3. The number of benzene rings is 1. The molecule has 0 radical (unpaired) electrons. The Kier molecular flexibility index (Phi) is 5.64. The molecule has 0 aliphatic heterocycles. The molecule has 0 atom stereocenters. The molecule has 5 nitrogen and oxygen atoms in total. The maximum absolute atomic E-state index is 12.7. The Balaban J connectivity index is 2.27. The molecule has 1 amide bonds. The van der Waals surface area contributed by atoms with E-state index in [1.54, 1.807) is 12.1 Å². The third kappa shape index (κ3) is 5.36. The van der Waals surface area contributed by atoms with Gasteiger partial charge in [0.1, 0.15) is 11.4 Å². The van der Waals surface area contributed by atoms with Crippen LogP contribution in [-0.4, -0.2) is 35.6 Å². The first kappa shape index (κ1) is 16.1. The summed E-state index contributed by atoms with van der Waals surface area (Å²) in [4.78, 5) is 22.4. The summed E-state index contributed by atoms with van der Waals surface area (Å²) in [5.74, 6) is -1.59. The molecule has 0 heterocycles. The van der Waals surface area contributed by atoms with Crippen LogP contribution >= 0.6 is 0 Å². The largest absolute Gasteiger partial charge is 0.480 e. The summed E-state index contributed by atoms with van der Waals surface area (Å²) in [6.07, 6.45) is 0.592. The lowest BCUT2D eigenvalue weighted by molar-refractivity contribution is -0.143. The second-order valence-corrected chi connectivity index (χ2v) is 5.01. The summed E-state index contributed by atoms with van der Waals surface area (Å²) in [5, 5.41) is 14.2. The number of amides is 1. The van der Waals surface area contributed by atoms with Crippen LogP contribution in [0.15, 0.2) is 24.3 Å². The van der Waals surface area contributed by atoms with Gasteiger partial charge in [0.15, 0.2) is 0 Å². The van der Waals surface area contributed by atoms with Crippen molar-refractivity contribution >= 4 is 11.9 Å². The number of aliphatic carboxylic acids is 1. The zero-order valence-electron chi connectivity index (χ0n) is 11.6. The van der Waals surface area contributed by atoms with E-state index >= 15 is 0 Å². The Bertz CT molecular complexity index is 472. The van der Waals surface area contributed by atoms with Crippen molar-refractivity contribution in [2.75, 3.05) is 13.1 Å². The smallest absolute Gasteiger partial charge is 0.323 e. The van der Waals surface area contributed by atoms with Crippen molar-refractivity contribution < 1.29 is 19.1 Å². The summed E-state index contributed by atoms with van der Waals surface area (Å²) in [6.45, 7) is 3.32. The number of hydrogen-bond donors (Lipinski definition) is 3. The normalized spacial score (nSPS) is 11.2. The first-order valence-electron chi connectivity index (χ1n) is 6.31. The molecule has 0 aliphatic carbocycles. The van der Waals surface area contributed by atoms with E-state index < -0.39 is 11.5 Å². The van der Waals surface area contributed by atoms with Gasteiger partial charge in [-0.1, -0.05) is 12.1 Å². The van der Waals surface area contributed by atoms with Gasteiger partial charge in [0.25, 0.3) is 0 Å². The number of hydrogen-bond acceptors (Lipinski definition) is 3. The number of carbonyl (C=O) groups is 2. The molecule has 1 aromatic rings. The molecule has 1 aromatic carbocycles. The summed E-state index contributed by atoms with van der Waals surface area (Å²) in [6, 6.07) is 6.06. The van der Waals surface area contributed by atoms with Crippen molar-refractivity contribution in [3.63, 3.8) is 0 Å². The predicted octanol–water partition coefficient (Wildman–Crippen LogP) is 0.937. The number of nitrogens with one attached hydrogen (secondary N) is 2. The standard InChI is InChI=1S/C14H19FN2O3/c1-14(2,13(19)20)17-9-12(18)16-8-7-10-3-5-11(15)6-4-10/h3-6,17H,7-9H2,1-2H3,(H,16,18)(H,19,20). The van der Waals surface area contributed by atoms with Gasteiger partial charge in [0.2, 0.25) is 5.91 Å². The zero-order valence-corrected chi connectivity index (χ0v) is 11.6. The van der Waals surface area contributed by atoms with Gasteiger partial charge in [-0.15, -0.1) is 0 Å². The molecule has 0 bridgehead atoms. The van der Waals surface area contributed by atoms with E-state index in [1.165, 1.54) is 26.0 Å². The Hall–Kier alpha value is -1.95. The van der Waals surface area contributed by atoms with Gasteiger partial charge in [-0.05, 0) is 38.0 Å². The van der Waals surface area contributed by atoms with Crippen molar-refractivity contribution in [1.82, 2.24) is 10.6 Å². The average molecular weight is 282 g/mol. The minimum absolute atomic E-state index is 0.0667. The highest BCUT2D eigenvalue weighted by molar-refractivity contribution is 5.81. The topological polar surface area (TPSA) is 78.4 Å². The Morgan fingerprint density at radius 2 is 1.85 bits per heavy atom. The summed E-state index contributed by atoms with van der Waals surface area (Å²) >= 11 is 0. The van der Waals surface area contributed by atoms with Crippen LogP contribution in [0.4, 0.5) is 4.39 Å². The van der Waals surface area contributed by atoms with Crippen LogP contribution in [0, 0.1) is 5.82 Å². The lowest BCUT2D eigenvalue weighted by atomic mass is 10.1. The van der Waals surface area contributed by atoms with E-state index in [1.807, 2.05) is 0 Å². The van der Waals surface area contributed by atoms with E-state index in [0.29, 0.717) is 13.0 Å². The van der Waals surface area contributed by atoms with Crippen LogP contribution in [0.2, 0.25) is 0 Å². The molecular weight excluding hydrogens is 263 g/mol. The molecule has 0 spiro atoms. The fraction of sp³-hybridized carbons (Fsp3) is 0.429. The maximum Gasteiger partial charge on any atom is 0.323 e. The quantitative estimate of drug-likeness (QED) is 0.695. The Morgan fingerprint density at radius 1 is 1.25 bits per heavy atom. The van der Waals surface area contributed by atoms with Crippen LogP contribution in [0.1, 0.15) is 19.4 Å². The molecule has 0 saturated heterocycles. The molecule has 110 valence electrons. The van der Waals surface area contributed by atoms with Crippen LogP contribution < -0.4 is 10.6 Å². The summed E-state index contributed by atoms with van der Waals surface area (Å²) in [7, 11) is 0. The van der Waals surface area contributed by atoms with E-state index in [0.717, 1.165) is 5.56 Å². The van der Waals surface area contributed by atoms with Gasteiger partial charge in [0.05, 0.1) is 6.54 Å². The van der Waals surface area contributed by atoms with Crippen molar-refractivity contribution in [2.24, 2.45) is 0 Å². The molecule has 20 heavy (non-hydrogen) atoms. The lowest BCUT2D eigenvalue weighted by Crippen LogP contribution is -2.50. The van der Waals surface area contributed by atoms with Gasteiger partial charge >= 0.3 is 5.97 Å². The van der Waals surface area contributed by atoms with E-state index in [9.17, 15) is 14.0 Å². The van der Waals surface area contributed by atoms with Gasteiger partial charge in [-0.2, -0.15) is 0 Å². The second-order valence-electron chi connectivity index (χ2n) is 5.01. The van der Waals surface area contributed by atoms with E-state index in [2.05, 4.69) is 10.6 Å². The monoisotopic (exact) mass is 282 g/mol. The van der Waals surface area contributed by atoms with Gasteiger partial charge in [-0.3, -0.25) is 14.9 Å². The molecule has 1 rings (SSSR count). The zero-order chi connectivity index (χ0) is 15.2. The number of halogens is 1. The molecule has 0 saturated carbocycles. The maximum atomic E-state index is 12.7. The van der Waals surface area contributed by atoms with Crippen LogP contribution in [-0.2, 0) is 16.0 Å².